The second kappa shape index (κ2) is 5.81. The molecule has 1 saturated carbocycles. The summed E-state index contributed by atoms with van der Waals surface area (Å²) in [5.41, 5.74) is 10.1. The Bertz CT molecular complexity index is 262. The molecule has 1 rings (SSSR count). The summed E-state index contributed by atoms with van der Waals surface area (Å²) >= 11 is 0. The topological polar surface area (TPSA) is 107 Å². The number of hydrogen-bond donors (Lipinski definition) is 3. The number of nitrogens with two attached hydrogens (primary N) is 2. The van der Waals surface area contributed by atoms with Gasteiger partial charge < -0.3 is 16.2 Å². The number of hydrogen-bond acceptors (Lipinski definition) is 4. The molecule has 1 aliphatic carbocycles. The van der Waals surface area contributed by atoms with Crippen LogP contribution in [-0.4, -0.2) is 30.7 Å². The van der Waals surface area contributed by atoms with Gasteiger partial charge in [0.05, 0.1) is 5.60 Å². The summed E-state index contributed by atoms with van der Waals surface area (Å²) in [4.78, 5) is 21.6. The number of nitrogens with one attached hydrogen (secondary N) is 1. The molecule has 0 heterocycles. The van der Waals surface area contributed by atoms with Crippen LogP contribution in [0.25, 0.3) is 0 Å². The zero-order valence-corrected chi connectivity index (χ0v) is 9.33. The number of urea groups is 1. The molecule has 1 aliphatic rings. The molecule has 3 amide bonds. The number of ether oxygens (including phenoxy) is 1. The van der Waals surface area contributed by atoms with E-state index < -0.39 is 17.5 Å². The molecule has 0 aromatic rings. The van der Waals surface area contributed by atoms with Crippen molar-refractivity contribution in [3.8, 4) is 0 Å². The van der Waals surface area contributed by atoms with Gasteiger partial charge in [0.1, 0.15) is 6.61 Å². The van der Waals surface area contributed by atoms with E-state index in [0.717, 1.165) is 25.7 Å². The Morgan fingerprint density at radius 1 is 1.25 bits per heavy atom. The quantitative estimate of drug-likeness (QED) is 0.623. The third-order valence-electron chi connectivity index (χ3n) is 2.91. The fourth-order valence-electron chi connectivity index (χ4n) is 2.00. The Kier molecular flexibility index (Phi) is 4.70. The molecule has 0 unspecified atom stereocenters. The van der Waals surface area contributed by atoms with Crippen LogP contribution in [0.4, 0.5) is 4.79 Å². The minimum atomic E-state index is -0.862. The number of carbonyl (C=O) groups excluding carboxylic acids is 2. The van der Waals surface area contributed by atoms with E-state index in [1.54, 1.807) is 0 Å². The van der Waals surface area contributed by atoms with E-state index in [-0.39, 0.29) is 6.61 Å². The van der Waals surface area contributed by atoms with E-state index in [0.29, 0.717) is 6.54 Å². The fraction of sp³-hybridized carbons (Fsp3) is 0.800. The van der Waals surface area contributed by atoms with Gasteiger partial charge in [-0.1, -0.05) is 19.3 Å². The number of imide groups is 1. The molecule has 5 N–H and O–H groups in total. The van der Waals surface area contributed by atoms with Gasteiger partial charge in [-0.05, 0) is 12.8 Å². The van der Waals surface area contributed by atoms with Gasteiger partial charge in [0.15, 0.2) is 0 Å². The van der Waals surface area contributed by atoms with Crippen LogP contribution in [0.5, 0.6) is 0 Å². The lowest BCUT2D eigenvalue weighted by molar-refractivity contribution is -0.134. The highest BCUT2D eigenvalue weighted by Gasteiger charge is 2.32. The van der Waals surface area contributed by atoms with Crippen LogP contribution in [0.3, 0.4) is 0 Å². The van der Waals surface area contributed by atoms with Crippen LogP contribution in [0, 0.1) is 0 Å². The molecule has 6 nitrogen and oxygen atoms in total. The monoisotopic (exact) mass is 229 g/mol. The predicted octanol–water partition coefficient (Wildman–Crippen LogP) is -0.140. The lowest BCUT2D eigenvalue weighted by atomic mass is 9.85. The standard InChI is InChI=1S/C10H19N3O3/c11-7-10(4-2-1-3-5-10)16-6-8(14)13-9(12)15/h1-7,11H2,(H3,12,13,14,15). The number of amides is 3. The molecule has 92 valence electrons. The first kappa shape index (κ1) is 12.9. The van der Waals surface area contributed by atoms with Gasteiger partial charge in [0, 0.05) is 6.54 Å². The lowest BCUT2D eigenvalue weighted by Gasteiger charge is -2.35. The molecule has 0 atom stereocenters. The maximum atomic E-state index is 11.2. The first-order chi connectivity index (χ1) is 7.58. The molecule has 0 aromatic carbocycles. The number of carbonyl (C=O) groups is 2. The zero-order chi connectivity index (χ0) is 12.0. The SMILES string of the molecule is NCC1(OCC(=O)NC(N)=O)CCCCC1. The maximum absolute atomic E-state index is 11.2. The highest BCUT2D eigenvalue weighted by Crippen LogP contribution is 2.30. The molecule has 0 aliphatic heterocycles. The van der Waals surface area contributed by atoms with Gasteiger partial charge in [-0.2, -0.15) is 0 Å². The average Bonchev–Trinajstić information content (AvgIpc) is 2.27. The molecule has 6 heteroatoms. The minimum absolute atomic E-state index is 0.167. The third-order valence-corrected chi connectivity index (χ3v) is 2.91. The van der Waals surface area contributed by atoms with Crippen LogP contribution in [-0.2, 0) is 9.53 Å². The van der Waals surface area contributed by atoms with Crippen molar-refractivity contribution in [1.29, 1.82) is 0 Å². The van der Waals surface area contributed by atoms with Gasteiger partial charge >= 0.3 is 6.03 Å². The Hall–Kier alpha value is -1.14. The van der Waals surface area contributed by atoms with Crippen LogP contribution < -0.4 is 16.8 Å². The molecule has 1 fully saturated rings. The molecule has 0 saturated heterocycles. The van der Waals surface area contributed by atoms with E-state index in [1.807, 2.05) is 5.32 Å². The zero-order valence-electron chi connectivity index (χ0n) is 9.33. The minimum Gasteiger partial charge on any atom is -0.364 e. The predicted molar refractivity (Wildman–Crippen MR) is 58.5 cm³/mol. The van der Waals surface area contributed by atoms with E-state index in [9.17, 15) is 9.59 Å². The average molecular weight is 229 g/mol. The van der Waals surface area contributed by atoms with Gasteiger partial charge in [-0.25, -0.2) is 4.79 Å². The van der Waals surface area contributed by atoms with Crippen LogP contribution >= 0.6 is 0 Å². The first-order valence-electron chi connectivity index (χ1n) is 5.51. The summed E-state index contributed by atoms with van der Waals surface area (Å²) in [5.74, 6) is -0.522. The van der Waals surface area contributed by atoms with Gasteiger partial charge in [0.25, 0.3) is 5.91 Å². The van der Waals surface area contributed by atoms with Crippen molar-refractivity contribution >= 4 is 11.9 Å². The van der Waals surface area contributed by atoms with Crippen molar-refractivity contribution in [1.82, 2.24) is 5.32 Å². The molecule has 16 heavy (non-hydrogen) atoms. The Morgan fingerprint density at radius 3 is 2.38 bits per heavy atom. The molecule has 0 aromatic heterocycles. The molecule has 0 radical (unpaired) electrons. The number of rotatable bonds is 4. The van der Waals surface area contributed by atoms with Gasteiger partial charge in [-0.3, -0.25) is 10.1 Å². The normalized spacial score (nSPS) is 19.1. The highest BCUT2D eigenvalue weighted by molar-refractivity contribution is 5.94. The van der Waals surface area contributed by atoms with Gasteiger partial charge in [0.2, 0.25) is 0 Å². The third kappa shape index (κ3) is 3.79. The van der Waals surface area contributed by atoms with Crippen LogP contribution in [0.15, 0.2) is 0 Å². The smallest absolute Gasteiger partial charge is 0.318 e. The van der Waals surface area contributed by atoms with E-state index in [1.165, 1.54) is 6.42 Å². The Labute approximate surface area is 94.7 Å². The second-order valence-electron chi connectivity index (χ2n) is 4.15. The fourth-order valence-corrected chi connectivity index (χ4v) is 2.00. The Morgan fingerprint density at radius 2 is 1.88 bits per heavy atom. The highest BCUT2D eigenvalue weighted by atomic mass is 16.5. The Balaban J connectivity index is 2.38. The van der Waals surface area contributed by atoms with E-state index in [2.05, 4.69) is 0 Å². The second-order valence-corrected chi connectivity index (χ2v) is 4.15. The summed E-state index contributed by atoms with van der Waals surface area (Å²) < 4.78 is 5.54. The molecular formula is C10H19N3O3. The van der Waals surface area contributed by atoms with Crippen LogP contribution in [0.1, 0.15) is 32.1 Å². The summed E-state index contributed by atoms with van der Waals surface area (Å²) in [7, 11) is 0. The van der Waals surface area contributed by atoms with Gasteiger partial charge in [-0.15, -0.1) is 0 Å². The van der Waals surface area contributed by atoms with Crippen molar-refractivity contribution in [2.45, 2.75) is 37.7 Å². The van der Waals surface area contributed by atoms with Crippen molar-refractivity contribution in [2.24, 2.45) is 11.5 Å². The maximum Gasteiger partial charge on any atom is 0.318 e. The number of primary amides is 1. The molecule has 0 spiro atoms. The van der Waals surface area contributed by atoms with Crippen molar-refractivity contribution < 1.29 is 14.3 Å². The molecule has 0 bridgehead atoms. The summed E-state index contributed by atoms with van der Waals surface area (Å²) in [6.07, 6.45) is 5.04. The summed E-state index contributed by atoms with van der Waals surface area (Å²) in [5, 5.41) is 1.96. The van der Waals surface area contributed by atoms with Crippen molar-refractivity contribution in [3.63, 3.8) is 0 Å². The largest absolute Gasteiger partial charge is 0.364 e. The first-order valence-corrected chi connectivity index (χ1v) is 5.51. The lowest BCUT2D eigenvalue weighted by Crippen LogP contribution is -2.46. The van der Waals surface area contributed by atoms with Crippen molar-refractivity contribution in [3.05, 3.63) is 0 Å². The van der Waals surface area contributed by atoms with E-state index in [4.69, 9.17) is 16.2 Å². The molecular weight excluding hydrogens is 210 g/mol. The van der Waals surface area contributed by atoms with Crippen LogP contribution in [0.2, 0.25) is 0 Å². The van der Waals surface area contributed by atoms with Crippen molar-refractivity contribution in [2.75, 3.05) is 13.2 Å². The van der Waals surface area contributed by atoms with E-state index >= 15 is 0 Å². The summed E-state index contributed by atoms with van der Waals surface area (Å²) in [6.45, 7) is 0.233. The summed E-state index contributed by atoms with van der Waals surface area (Å²) in [6, 6.07) is -0.862.